The number of pyridine rings is 1. The predicted octanol–water partition coefficient (Wildman–Crippen LogP) is 4.17. The van der Waals surface area contributed by atoms with Crippen molar-refractivity contribution in [3.63, 3.8) is 0 Å². The standard InChI is InChI=1S/C18H17N3O3S/c1-11(2)12-6-3-4-8-15(12)25(23,24)16-10-14(19)17-13(18(16)21-22)7-5-9-20-17/h3-11H,19H2,1-2H3. The lowest BCUT2D eigenvalue weighted by Gasteiger charge is -2.15. The minimum absolute atomic E-state index is 0.00177. The Balaban J connectivity index is 2.38. The summed E-state index contributed by atoms with van der Waals surface area (Å²) < 4.78 is 26.5. The molecular formula is C18H17N3O3S. The number of nitrogens with zero attached hydrogens (tertiary/aromatic N) is 2. The van der Waals surface area contributed by atoms with Crippen molar-refractivity contribution in [1.29, 1.82) is 0 Å². The summed E-state index contributed by atoms with van der Waals surface area (Å²) >= 11 is 0. The van der Waals surface area contributed by atoms with Gasteiger partial charge in [-0.25, -0.2) is 8.42 Å². The number of benzene rings is 2. The van der Waals surface area contributed by atoms with Gasteiger partial charge in [0.1, 0.15) is 10.6 Å². The number of anilines is 1. The summed E-state index contributed by atoms with van der Waals surface area (Å²) in [4.78, 5) is 15.5. The fourth-order valence-corrected chi connectivity index (χ4v) is 4.65. The number of nitrogens with two attached hydrogens (primary N) is 1. The van der Waals surface area contributed by atoms with Gasteiger partial charge in [0.15, 0.2) is 0 Å². The number of fused-ring (bicyclic) bond motifs is 1. The average molecular weight is 355 g/mol. The lowest BCUT2D eigenvalue weighted by molar-refractivity contribution is 0.594. The number of nitroso groups, excluding NO2 is 1. The van der Waals surface area contributed by atoms with Gasteiger partial charge in [-0.1, -0.05) is 32.0 Å². The zero-order valence-electron chi connectivity index (χ0n) is 13.8. The van der Waals surface area contributed by atoms with E-state index in [1.807, 2.05) is 13.8 Å². The highest BCUT2D eigenvalue weighted by molar-refractivity contribution is 7.91. The van der Waals surface area contributed by atoms with Gasteiger partial charge in [-0.3, -0.25) is 4.98 Å². The first-order valence-corrected chi connectivity index (χ1v) is 9.20. The molecule has 0 aliphatic carbocycles. The van der Waals surface area contributed by atoms with Gasteiger partial charge >= 0.3 is 0 Å². The maximum Gasteiger partial charge on any atom is 0.209 e. The Morgan fingerprint density at radius 1 is 1.08 bits per heavy atom. The molecule has 1 aromatic heterocycles. The fourth-order valence-electron chi connectivity index (χ4n) is 2.86. The second-order valence-corrected chi connectivity index (χ2v) is 7.89. The normalized spacial score (nSPS) is 11.8. The second kappa shape index (κ2) is 6.25. The van der Waals surface area contributed by atoms with Crippen LogP contribution >= 0.6 is 0 Å². The Bertz CT molecular complexity index is 1080. The van der Waals surface area contributed by atoms with Gasteiger partial charge in [-0.05, 0) is 40.9 Å². The summed E-state index contributed by atoms with van der Waals surface area (Å²) in [7, 11) is -3.97. The first-order chi connectivity index (χ1) is 11.9. The van der Waals surface area contributed by atoms with Crippen LogP contribution in [0.4, 0.5) is 11.4 Å². The molecule has 0 bridgehead atoms. The van der Waals surface area contributed by atoms with E-state index in [1.54, 1.807) is 30.3 Å². The molecule has 0 aliphatic heterocycles. The van der Waals surface area contributed by atoms with Crippen LogP contribution in [0.25, 0.3) is 10.9 Å². The van der Waals surface area contributed by atoms with Gasteiger partial charge in [0, 0.05) is 11.6 Å². The molecule has 2 aromatic carbocycles. The lowest BCUT2D eigenvalue weighted by Crippen LogP contribution is -2.08. The van der Waals surface area contributed by atoms with Crippen LogP contribution in [-0.4, -0.2) is 13.4 Å². The molecule has 0 atom stereocenters. The SMILES string of the molecule is CC(C)c1ccccc1S(=O)(=O)c1cc(N)c2ncccc2c1N=O. The van der Waals surface area contributed by atoms with E-state index in [4.69, 9.17) is 5.73 Å². The van der Waals surface area contributed by atoms with Crippen molar-refractivity contribution < 1.29 is 8.42 Å². The molecule has 0 fully saturated rings. The number of nitrogen functional groups attached to an aromatic ring is 1. The third-order valence-corrected chi connectivity index (χ3v) is 5.91. The van der Waals surface area contributed by atoms with Crippen molar-refractivity contribution >= 4 is 32.1 Å². The lowest BCUT2D eigenvalue weighted by atomic mass is 10.0. The first kappa shape index (κ1) is 17.0. The molecule has 3 aromatic rings. The van der Waals surface area contributed by atoms with Gasteiger partial charge in [-0.15, -0.1) is 4.91 Å². The van der Waals surface area contributed by atoms with Gasteiger partial charge in [0.25, 0.3) is 0 Å². The third-order valence-electron chi connectivity index (χ3n) is 4.07. The van der Waals surface area contributed by atoms with Crippen molar-refractivity contribution in [2.24, 2.45) is 5.18 Å². The number of rotatable bonds is 4. The van der Waals surface area contributed by atoms with E-state index >= 15 is 0 Å². The van der Waals surface area contributed by atoms with E-state index in [0.29, 0.717) is 16.5 Å². The molecule has 0 saturated heterocycles. The molecular weight excluding hydrogens is 338 g/mol. The summed E-state index contributed by atoms with van der Waals surface area (Å²) in [5.74, 6) is -0.00177. The third kappa shape index (κ3) is 2.76. The van der Waals surface area contributed by atoms with Crippen LogP contribution in [0.3, 0.4) is 0 Å². The number of hydrogen-bond donors (Lipinski definition) is 1. The average Bonchev–Trinajstić information content (AvgIpc) is 2.61. The van der Waals surface area contributed by atoms with Crippen LogP contribution in [0.15, 0.2) is 63.6 Å². The van der Waals surface area contributed by atoms with Crippen molar-refractivity contribution in [3.8, 4) is 0 Å². The van der Waals surface area contributed by atoms with E-state index in [0.717, 1.165) is 0 Å². The van der Waals surface area contributed by atoms with Crippen molar-refractivity contribution in [2.75, 3.05) is 5.73 Å². The largest absolute Gasteiger partial charge is 0.397 e. The van der Waals surface area contributed by atoms with Crippen LogP contribution in [0.5, 0.6) is 0 Å². The molecule has 6 nitrogen and oxygen atoms in total. The van der Waals surface area contributed by atoms with E-state index in [2.05, 4.69) is 10.2 Å². The molecule has 0 saturated carbocycles. The van der Waals surface area contributed by atoms with Crippen molar-refractivity contribution in [1.82, 2.24) is 4.98 Å². The molecule has 0 spiro atoms. The molecule has 0 amide bonds. The van der Waals surface area contributed by atoms with Crippen LogP contribution in [-0.2, 0) is 9.84 Å². The molecule has 3 rings (SSSR count). The van der Waals surface area contributed by atoms with Gasteiger partial charge in [-0.2, -0.15) is 0 Å². The summed E-state index contributed by atoms with van der Waals surface area (Å²) in [6, 6.07) is 11.2. The van der Waals surface area contributed by atoms with Crippen molar-refractivity contribution in [3.05, 3.63) is 59.1 Å². The second-order valence-electron chi connectivity index (χ2n) is 6.00. The molecule has 0 aliphatic rings. The van der Waals surface area contributed by atoms with Gasteiger partial charge < -0.3 is 5.73 Å². The van der Waals surface area contributed by atoms with Gasteiger partial charge in [0.05, 0.1) is 16.1 Å². The minimum atomic E-state index is -3.97. The molecule has 1 heterocycles. The van der Waals surface area contributed by atoms with Crippen LogP contribution in [0.2, 0.25) is 0 Å². The maximum absolute atomic E-state index is 13.3. The zero-order valence-corrected chi connectivity index (χ0v) is 14.6. The topological polar surface area (TPSA) is 102 Å². The van der Waals surface area contributed by atoms with E-state index in [-0.39, 0.29) is 27.1 Å². The molecule has 2 N–H and O–H groups in total. The summed E-state index contributed by atoms with van der Waals surface area (Å²) in [5, 5.41) is 3.30. The van der Waals surface area contributed by atoms with Gasteiger partial charge in [0.2, 0.25) is 9.84 Å². The Morgan fingerprint density at radius 2 is 1.80 bits per heavy atom. The maximum atomic E-state index is 13.3. The Hall–Kier alpha value is -2.80. The monoisotopic (exact) mass is 355 g/mol. The highest BCUT2D eigenvalue weighted by atomic mass is 32.2. The van der Waals surface area contributed by atoms with Crippen LogP contribution < -0.4 is 5.73 Å². The van der Waals surface area contributed by atoms with Crippen LogP contribution in [0.1, 0.15) is 25.3 Å². The molecule has 25 heavy (non-hydrogen) atoms. The predicted molar refractivity (Wildman–Crippen MR) is 97.6 cm³/mol. The van der Waals surface area contributed by atoms with E-state index < -0.39 is 9.84 Å². The Labute approximate surface area is 145 Å². The van der Waals surface area contributed by atoms with Crippen molar-refractivity contribution in [2.45, 2.75) is 29.6 Å². The smallest absolute Gasteiger partial charge is 0.209 e. The van der Waals surface area contributed by atoms with E-state index in [1.165, 1.54) is 18.3 Å². The van der Waals surface area contributed by atoms with Crippen LogP contribution in [0, 0.1) is 4.91 Å². The molecule has 0 unspecified atom stereocenters. The summed E-state index contributed by atoms with van der Waals surface area (Å²) in [5.41, 5.74) is 7.02. The highest BCUT2D eigenvalue weighted by Crippen LogP contribution is 2.39. The number of sulfone groups is 1. The molecule has 0 radical (unpaired) electrons. The molecule has 128 valence electrons. The Morgan fingerprint density at radius 3 is 2.48 bits per heavy atom. The van der Waals surface area contributed by atoms with E-state index in [9.17, 15) is 13.3 Å². The number of hydrogen-bond acceptors (Lipinski definition) is 6. The fraction of sp³-hybridized carbons (Fsp3) is 0.167. The first-order valence-electron chi connectivity index (χ1n) is 7.72. The summed E-state index contributed by atoms with van der Waals surface area (Å²) in [6.45, 7) is 3.82. The molecule has 7 heteroatoms. The number of aromatic nitrogens is 1. The quantitative estimate of drug-likeness (QED) is 0.559. The minimum Gasteiger partial charge on any atom is -0.397 e. The summed E-state index contributed by atoms with van der Waals surface area (Å²) in [6.07, 6.45) is 1.52. The highest BCUT2D eigenvalue weighted by Gasteiger charge is 2.28. The Kier molecular flexibility index (Phi) is 4.26. The zero-order chi connectivity index (χ0) is 18.2.